The van der Waals surface area contributed by atoms with E-state index in [2.05, 4.69) is 17.6 Å². The third-order valence-electron chi connectivity index (χ3n) is 3.04. The van der Waals surface area contributed by atoms with Gasteiger partial charge in [-0.05, 0) is 11.8 Å². The molecule has 6 nitrogen and oxygen atoms in total. The summed E-state index contributed by atoms with van der Waals surface area (Å²) in [6, 6.07) is -0.308. The van der Waals surface area contributed by atoms with E-state index in [-0.39, 0.29) is 18.5 Å². The third-order valence-corrected chi connectivity index (χ3v) is 3.04. The average Bonchev–Trinajstić information content (AvgIpc) is 2.54. The summed E-state index contributed by atoms with van der Waals surface area (Å²) in [7, 11) is 0. The quantitative estimate of drug-likeness (QED) is 0.647. The van der Waals surface area contributed by atoms with E-state index in [9.17, 15) is 9.59 Å². The minimum Gasteiger partial charge on any atom is -0.338 e. The Morgan fingerprint density at radius 3 is 2.56 bits per heavy atom. The summed E-state index contributed by atoms with van der Waals surface area (Å²) in [6.45, 7) is 8.37. The summed E-state index contributed by atoms with van der Waals surface area (Å²) in [5.74, 6) is 0.480. The maximum absolute atomic E-state index is 11.6. The highest BCUT2D eigenvalue weighted by molar-refractivity contribution is 5.95. The number of carbonyl (C=O) groups excluding carboxylic acids is 2. The molecule has 1 aliphatic heterocycles. The normalized spacial score (nSPS) is 24.3. The van der Waals surface area contributed by atoms with E-state index in [1.165, 1.54) is 0 Å². The number of imide groups is 1. The van der Waals surface area contributed by atoms with Gasteiger partial charge in [0.25, 0.3) is 0 Å². The minimum absolute atomic E-state index is 0.118. The fourth-order valence-electron chi connectivity index (χ4n) is 1.93. The first-order valence-corrected chi connectivity index (χ1v) is 6.44. The van der Waals surface area contributed by atoms with Gasteiger partial charge in [-0.15, -0.1) is 0 Å². The molecule has 1 fully saturated rings. The van der Waals surface area contributed by atoms with Crippen LogP contribution in [0.2, 0.25) is 0 Å². The summed E-state index contributed by atoms with van der Waals surface area (Å²) in [6.07, 6.45) is 0. The van der Waals surface area contributed by atoms with Crippen LogP contribution in [-0.4, -0.2) is 49.1 Å². The predicted octanol–water partition coefficient (Wildman–Crippen LogP) is -0.253. The number of nitrogens with one attached hydrogen (secondary N) is 2. The summed E-state index contributed by atoms with van der Waals surface area (Å²) in [5, 5.41) is 4.96. The van der Waals surface area contributed by atoms with Crippen LogP contribution in [-0.2, 0) is 4.79 Å². The minimum atomic E-state index is -0.426. The van der Waals surface area contributed by atoms with Crippen LogP contribution in [0.1, 0.15) is 20.8 Å². The molecule has 104 valence electrons. The SMILES string of the molecule is CC(C)CNC(=O)NC(=O)CN1CC(C)C(N)C1. The van der Waals surface area contributed by atoms with Crippen molar-refractivity contribution >= 4 is 11.9 Å². The van der Waals surface area contributed by atoms with Crippen molar-refractivity contribution in [1.82, 2.24) is 15.5 Å². The van der Waals surface area contributed by atoms with Gasteiger partial charge in [-0.1, -0.05) is 20.8 Å². The molecule has 1 heterocycles. The monoisotopic (exact) mass is 256 g/mol. The first-order chi connectivity index (χ1) is 8.38. The molecule has 0 radical (unpaired) electrons. The Morgan fingerprint density at radius 2 is 2.06 bits per heavy atom. The highest BCUT2D eigenvalue weighted by atomic mass is 16.2. The van der Waals surface area contributed by atoms with Gasteiger partial charge in [0.15, 0.2) is 0 Å². The molecule has 0 aliphatic carbocycles. The zero-order chi connectivity index (χ0) is 13.7. The van der Waals surface area contributed by atoms with E-state index in [4.69, 9.17) is 5.73 Å². The fraction of sp³-hybridized carbons (Fsp3) is 0.833. The van der Waals surface area contributed by atoms with Crippen LogP contribution >= 0.6 is 0 Å². The lowest BCUT2D eigenvalue weighted by Crippen LogP contribution is -2.45. The number of carbonyl (C=O) groups is 2. The van der Waals surface area contributed by atoms with Gasteiger partial charge in [-0.2, -0.15) is 0 Å². The molecule has 2 atom stereocenters. The molecule has 3 amide bonds. The molecule has 4 N–H and O–H groups in total. The number of rotatable bonds is 4. The second kappa shape index (κ2) is 6.70. The molecule has 1 rings (SSSR count). The van der Waals surface area contributed by atoms with Gasteiger partial charge in [0.2, 0.25) is 5.91 Å². The Labute approximate surface area is 108 Å². The van der Waals surface area contributed by atoms with E-state index >= 15 is 0 Å². The van der Waals surface area contributed by atoms with Crippen LogP contribution in [0.4, 0.5) is 4.79 Å². The molecule has 1 saturated heterocycles. The zero-order valence-electron chi connectivity index (χ0n) is 11.4. The summed E-state index contributed by atoms with van der Waals surface area (Å²) in [4.78, 5) is 25.0. The standard InChI is InChI=1S/C12H24N4O2/c1-8(2)4-14-12(18)15-11(17)7-16-5-9(3)10(13)6-16/h8-10H,4-7,13H2,1-3H3,(H2,14,15,17,18). The maximum Gasteiger partial charge on any atom is 0.321 e. The lowest BCUT2D eigenvalue weighted by Gasteiger charge is -2.14. The Kier molecular flexibility index (Phi) is 5.55. The number of nitrogens with two attached hydrogens (primary N) is 1. The summed E-state index contributed by atoms with van der Waals surface area (Å²) < 4.78 is 0. The lowest BCUT2D eigenvalue weighted by molar-refractivity contribution is -0.120. The zero-order valence-corrected chi connectivity index (χ0v) is 11.4. The van der Waals surface area contributed by atoms with E-state index in [0.29, 0.717) is 24.9 Å². The van der Waals surface area contributed by atoms with Crippen molar-refractivity contribution in [1.29, 1.82) is 0 Å². The van der Waals surface area contributed by atoms with Crippen LogP contribution < -0.4 is 16.4 Å². The molecular formula is C12H24N4O2. The summed E-state index contributed by atoms with van der Waals surface area (Å²) in [5.41, 5.74) is 5.87. The number of hydrogen-bond donors (Lipinski definition) is 3. The molecule has 0 aromatic rings. The molecule has 18 heavy (non-hydrogen) atoms. The smallest absolute Gasteiger partial charge is 0.321 e. The Morgan fingerprint density at radius 1 is 1.39 bits per heavy atom. The van der Waals surface area contributed by atoms with Gasteiger partial charge in [-0.25, -0.2) is 4.79 Å². The second-order valence-electron chi connectivity index (χ2n) is 5.49. The number of urea groups is 1. The molecule has 0 saturated carbocycles. The third kappa shape index (κ3) is 5.01. The van der Waals surface area contributed by atoms with Crippen LogP contribution in [0.5, 0.6) is 0 Å². The molecule has 0 aromatic carbocycles. The molecule has 0 spiro atoms. The topological polar surface area (TPSA) is 87.5 Å². The average molecular weight is 256 g/mol. The van der Waals surface area contributed by atoms with Crippen LogP contribution in [0.15, 0.2) is 0 Å². The van der Waals surface area contributed by atoms with Crippen LogP contribution in [0.25, 0.3) is 0 Å². The fourth-order valence-corrected chi connectivity index (χ4v) is 1.93. The van der Waals surface area contributed by atoms with Crippen molar-refractivity contribution in [2.24, 2.45) is 17.6 Å². The Hall–Kier alpha value is -1.14. The van der Waals surface area contributed by atoms with Gasteiger partial charge in [0, 0.05) is 25.7 Å². The predicted molar refractivity (Wildman–Crippen MR) is 70.0 cm³/mol. The molecule has 6 heteroatoms. The number of nitrogens with zero attached hydrogens (tertiary/aromatic N) is 1. The highest BCUT2D eigenvalue weighted by Gasteiger charge is 2.27. The summed E-state index contributed by atoms with van der Waals surface area (Å²) >= 11 is 0. The molecule has 1 aliphatic rings. The highest BCUT2D eigenvalue weighted by Crippen LogP contribution is 2.13. The molecule has 2 unspecified atom stereocenters. The Balaban J connectivity index is 2.23. The first kappa shape index (κ1) is 14.9. The van der Waals surface area contributed by atoms with Crippen molar-refractivity contribution in [2.45, 2.75) is 26.8 Å². The van der Waals surface area contributed by atoms with Crippen LogP contribution in [0.3, 0.4) is 0 Å². The Bertz CT molecular complexity index is 296. The molecule has 0 bridgehead atoms. The van der Waals surface area contributed by atoms with E-state index in [1.807, 2.05) is 18.7 Å². The molecular weight excluding hydrogens is 232 g/mol. The number of amides is 3. The van der Waals surface area contributed by atoms with Crippen molar-refractivity contribution in [2.75, 3.05) is 26.2 Å². The molecule has 0 aromatic heterocycles. The van der Waals surface area contributed by atoms with Gasteiger partial charge in [0.1, 0.15) is 0 Å². The van der Waals surface area contributed by atoms with Gasteiger partial charge >= 0.3 is 6.03 Å². The van der Waals surface area contributed by atoms with Crippen molar-refractivity contribution in [3.8, 4) is 0 Å². The number of likely N-dealkylation sites (tertiary alicyclic amines) is 1. The van der Waals surface area contributed by atoms with Crippen molar-refractivity contribution in [3.63, 3.8) is 0 Å². The van der Waals surface area contributed by atoms with E-state index < -0.39 is 6.03 Å². The van der Waals surface area contributed by atoms with Gasteiger partial charge in [-0.3, -0.25) is 15.0 Å². The van der Waals surface area contributed by atoms with E-state index in [1.54, 1.807) is 0 Å². The second-order valence-corrected chi connectivity index (χ2v) is 5.49. The van der Waals surface area contributed by atoms with E-state index in [0.717, 1.165) is 6.54 Å². The number of hydrogen-bond acceptors (Lipinski definition) is 4. The maximum atomic E-state index is 11.6. The van der Waals surface area contributed by atoms with Crippen molar-refractivity contribution < 1.29 is 9.59 Å². The van der Waals surface area contributed by atoms with Crippen LogP contribution in [0, 0.1) is 11.8 Å². The van der Waals surface area contributed by atoms with Crippen molar-refractivity contribution in [3.05, 3.63) is 0 Å². The lowest BCUT2D eigenvalue weighted by atomic mass is 10.1. The first-order valence-electron chi connectivity index (χ1n) is 6.44. The van der Waals surface area contributed by atoms with Gasteiger partial charge in [0.05, 0.1) is 6.54 Å². The van der Waals surface area contributed by atoms with Gasteiger partial charge < -0.3 is 11.1 Å². The largest absolute Gasteiger partial charge is 0.338 e.